The summed E-state index contributed by atoms with van der Waals surface area (Å²) >= 11 is 2.08. The Balaban J connectivity index is 1.86. The first-order chi connectivity index (χ1) is 15.5. The van der Waals surface area contributed by atoms with Crippen molar-refractivity contribution in [2.24, 2.45) is 10.5 Å². The molecule has 0 spiro atoms. The molecule has 1 atom stereocenters. The molecule has 1 aliphatic heterocycles. The molecule has 2 heterocycles. The van der Waals surface area contributed by atoms with E-state index in [0.717, 1.165) is 12.8 Å². The van der Waals surface area contributed by atoms with Gasteiger partial charge in [0.2, 0.25) is 0 Å². The van der Waals surface area contributed by atoms with Crippen LogP contribution in [0.4, 0.5) is 14.6 Å². The van der Waals surface area contributed by atoms with Gasteiger partial charge in [0, 0.05) is 53.3 Å². The first-order valence-electron chi connectivity index (χ1n) is 10.6. The summed E-state index contributed by atoms with van der Waals surface area (Å²) in [6.45, 7) is 8.79. The zero-order valence-electron chi connectivity index (χ0n) is 19.5. The van der Waals surface area contributed by atoms with Gasteiger partial charge in [-0.3, -0.25) is 9.75 Å². The number of nitrogens with one attached hydrogen (secondary N) is 1. The van der Waals surface area contributed by atoms with Crippen molar-refractivity contribution in [1.29, 1.82) is 0 Å². The Hall–Kier alpha value is -1.71. The summed E-state index contributed by atoms with van der Waals surface area (Å²) in [6.07, 6.45) is 7.92. The highest BCUT2D eigenvalue weighted by Crippen LogP contribution is 2.33. The second kappa shape index (κ2) is 10.3. The van der Waals surface area contributed by atoms with Gasteiger partial charge in [0.25, 0.3) is 0 Å². The van der Waals surface area contributed by atoms with E-state index in [4.69, 9.17) is 5.73 Å². The second-order valence-corrected chi connectivity index (χ2v) is 11.5. The first-order valence-corrected chi connectivity index (χ1v) is 14.7. The molecule has 0 aliphatic carbocycles. The average molecular weight is 586 g/mol. The Morgan fingerprint density at radius 3 is 2.39 bits per heavy atom. The third-order valence-corrected chi connectivity index (χ3v) is 6.88. The largest absolute Gasteiger partial charge is 0.404 e. The van der Waals surface area contributed by atoms with Crippen LogP contribution < -0.4 is 16.0 Å². The van der Waals surface area contributed by atoms with Gasteiger partial charge in [-0.2, -0.15) is 0 Å². The van der Waals surface area contributed by atoms with Gasteiger partial charge >= 0.3 is 0 Å². The molecule has 6 nitrogen and oxygen atoms in total. The number of halogens is 3. The molecule has 2 aromatic rings. The van der Waals surface area contributed by atoms with E-state index < -0.39 is 11.6 Å². The fourth-order valence-electron chi connectivity index (χ4n) is 4.64. The lowest BCUT2D eigenvalue weighted by Crippen LogP contribution is -2.62. The predicted molar refractivity (Wildman–Crippen MR) is 143 cm³/mol. The lowest BCUT2D eigenvalue weighted by Gasteiger charge is -2.49. The molecule has 0 saturated carbocycles. The third kappa shape index (κ3) is 6.05. The Morgan fingerprint density at radius 2 is 1.85 bits per heavy atom. The van der Waals surface area contributed by atoms with Crippen molar-refractivity contribution in [2.75, 3.05) is 11.9 Å². The van der Waals surface area contributed by atoms with Crippen LogP contribution in [0.25, 0.3) is 16.8 Å². The zero-order chi connectivity index (χ0) is 24.4. The van der Waals surface area contributed by atoms with Crippen LogP contribution in [-0.2, 0) is 0 Å². The zero-order valence-corrected chi connectivity index (χ0v) is 22.6. The van der Waals surface area contributed by atoms with Gasteiger partial charge in [-0.05, 0) is 68.6 Å². The van der Waals surface area contributed by atoms with Gasteiger partial charge in [0.05, 0.1) is 24.5 Å². The van der Waals surface area contributed by atoms with E-state index in [-0.39, 0.29) is 40.3 Å². The molecule has 1 aliphatic rings. The number of anilines is 1. The lowest BCUT2D eigenvalue weighted by atomic mass is 9.79. The van der Waals surface area contributed by atoms with Crippen LogP contribution in [0.3, 0.4) is 0 Å². The van der Waals surface area contributed by atoms with Gasteiger partial charge in [-0.25, -0.2) is 13.8 Å². The highest BCUT2D eigenvalue weighted by molar-refractivity contribution is 14.2. The van der Waals surface area contributed by atoms with Crippen molar-refractivity contribution >= 4 is 46.0 Å². The minimum Gasteiger partial charge on any atom is -0.404 e. The normalized spacial score (nSPS) is 19.0. The van der Waals surface area contributed by atoms with Gasteiger partial charge < -0.3 is 16.0 Å². The standard InChI is InChI=1S/C23H30F2IN6P/c1-22(2)8-15(9-23(3,4)31-22)32(5)19-13-28-18(12-29-19)17-7-6-16(20(24)21(17)25)14(10-27)11-30-33-26/h6-7,10-13,15,31,33H,8-9,27H2,1-5H3/b14-10+,30-11+. The maximum atomic E-state index is 14.9. The molecular formula is C23H30F2IN6P. The molecule has 3 N–H and O–H groups in total. The number of allylic oxidation sites excluding steroid dienone is 1. The number of hydrogen-bond donors (Lipinski definition) is 2. The van der Waals surface area contributed by atoms with Crippen LogP contribution in [0.1, 0.15) is 46.1 Å². The highest BCUT2D eigenvalue weighted by Gasteiger charge is 2.39. The van der Waals surface area contributed by atoms with Crippen molar-refractivity contribution in [3.05, 3.63) is 47.9 Å². The number of hydrogen-bond acceptors (Lipinski definition) is 6. The summed E-state index contributed by atoms with van der Waals surface area (Å²) < 4.78 is 33.8. The van der Waals surface area contributed by atoms with E-state index in [0.29, 0.717) is 11.4 Å². The van der Waals surface area contributed by atoms with Gasteiger partial charge in [0.1, 0.15) is 5.82 Å². The summed E-state index contributed by atoms with van der Waals surface area (Å²) in [5.41, 5.74) is 6.26. The molecule has 178 valence electrons. The molecular weight excluding hydrogens is 556 g/mol. The van der Waals surface area contributed by atoms with Crippen LogP contribution in [0, 0.1) is 11.6 Å². The summed E-state index contributed by atoms with van der Waals surface area (Å²) in [6, 6.07) is 3.24. The van der Waals surface area contributed by atoms with Crippen LogP contribution >= 0.6 is 28.4 Å². The van der Waals surface area contributed by atoms with E-state index in [1.807, 2.05) is 7.05 Å². The van der Waals surface area contributed by atoms with Crippen LogP contribution in [0.5, 0.6) is 0 Å². The number of benzene rings is 1. The van der Waals surface area contributed by atoms with E-state index in [9.17, 15) is 8.78 Å². The summed E-state index contributed by atoms with van der Waals surface area (Å²) in [5, 5.41) is 3.68. The van der Waals surface area contributed by atoms with Crippen LogP contribution in [0.15, 0.2) is 35.5 Å². The maximum absolute atomic E-state index is 14.9. The van der Waals surface area contributed by atoms with E-state index in [1.54, 1.807) is 6.20 Å². The highest BCUT2D eigenvalue weighted by atomic mass is 127. The number of piperidine rings is 1. The minimum absolute atomic E-state index is 0.00483. The Kier molecular flexibility index (Phi) is 8.07. The topological polar surface area (TPSA) is 79.4 Å². The summed E-state index contributed by atoms with van der Waals surface area (Å²) in [4.78, 5) is 11.0. The molecule has 0 radical (unpaired) electrons. The van der Waals surface area contributed by atoms with Crippen LogP contribution in [0.2, 0.25) is 0 Å². The van der Waals surface area contributed by atoms with Gasteiger partial charge in [0.15, 0.2) is 11.6 Å². The average Bonchev–Trinajstić information content (AvgIpc) is 2.74. The van der Waals surface area contributed by atoms with E-state index in [2.05, 4.69) is 74.7 Å². The van der Waals surface area contributed by atoms with Crippen molar-refractivity contribution < 1.29 is 8.78 Å². The van der Waals surface area contributed by atoms with E-state index in [1.165, 1.54) is 30.7 Å². The fourth-order valence-corrected chi connectivity index (χ4v) is 5.24. The quantitative estimate of drug-likeness (QED) is 0.266. The monoisotopic (exact) mass is 586 g/mol. The van der Waals surface area contributed by atoms with Crippen molar-refractivity contribution in [3.8, 4) is 11.3 Å². The lowest BCUT2D eigenvalue weighted by molar-refractivity contribution is 0.160. The number of nitrogens with two attached hydrogens (primary N) is 1. The van der Waals surface area contributed by atoms with Crippen LogP contribution in [-0.4, -0.2) is 40.3 Å². The number of nitrogens with zero attached hydrogens (tertiary/aromatic N) is 4. The SMILES string of the molecule is CN(c1cnc(-c2ccc(C(=C/N)/C=N/PI)c(F)c2F)cn1)C1CC(C)(C)NC(C)(C)C1. The third-order valence-electron chi connectivity index (χ3n) is 5.82. The molecule has 1 aromatic heterocycles. The van der Waals surface area contributed by atoms with Crippen molar-refractivity contribution in [2.45, 2.75) is 57.7 Å². The Bertz CT molecular complexity index is 1040. The Labute approximate surface area is 208 Å². The number of rotatable bonds is 6. The van der Waals surface area contributed by atoms with Crippen molar-refractivity contribution in [3.63, 3.8) is 0 Å². The summed E-state index contributed by atoms with van der Waals surface area (Å²) in [7, 11) is 2.00. The maximum Gasteiger partial charge on any atom is 0.168 e. The van der Waals surface area contributed by atoms with Crippen molar-refractivity contribution in [1.82, 2.24) is 15.3 Å². The molecule has 10 heteroatoms. The molecule has 1 fully saturated rings. The fraction of sp³-hybridized carbons (Fsp3) is 0.435. The second-order valence-electron chi connectivity index (χ2n) is 9.58. The molecule has 33 heavy (non-hydrogen) atoms. The molecule has 0 bridgehead atoms. The molecule has 3 rings (SSSR count). The number of aromatic nitrogens is 2. The molecule has 0 amide bonds. The predicted octanol–water partition coefficient (Wildman–Crippen LogP) is 5.48. The first kappa shape index (κ1) is 25.9. The Morgan fingerprint density at radius 1 is 1.18 bits per heavy atom. The summed E-state index contributed by atoms with van der Waals surface area (Å²) in [5.74, 6) is -1.29. The van der Waals surface area contributed by atoms with Gasteiger partial charge in [-0.15, -0.1) is 0 Å². The molecule has 1 aromatic carbocycles. The van der Waals surface area contributed by atoms with Gasteiger partial charge in [-0.1, -0.05) is 6.07 Å². The smallest absolute Gasteiger partial charge is 0.168 e. The molecule has 1 unspecified atom stereocenters. The minimum atomic E-state index is -0.991. The molecule has 1 saturated heterocycles. The van der Waals surface area contributed by atoms with E-state index >= 15 is 0 Å².